The van der Waals surface area contributed by atoms with Crippen molar-refractivity contribution in [2.45, 2.75) is 10.2 Å². The first-order chi connectivity index (χ1) is 11.1. The highest BCUT2D eigenvalue weighted by Gasteiger charge is 2.13. The molecule has 1 amide bonds. The van der Waals surface area contributed by atoms with Gasteiger partial charge in [0, 0.05) is 43.7 Å². The van der Waals surface area contributed by atoms with Crippen LogP contribution in [-0.2, 0) is 7.05 Å². The van der Waals surface area contributed by atoms with Gasteiger partial charge in [-0.2, -0.15) is 0 Å². The fourth-order valence-corrected chi connectivity index (χ4v) is 2.84. The SMILES string of the molecule is Cn1ccnc1Sc1ncc(C(=O)Nc2ccncc2)cc1Cl. The zero-order chi connectivity index (χ0) is 16.2. The molecule has 0 radical (unpaired) electrons. The highest BCUT2D eigenvalue weighted by Crippen LogP contribution is 2.30. The average molecular weight is 346 g/mol. The van der Waals surface area contributed by atoms with Gasteiger partial charge in [0.05, 0.1) is 10.6 Å². The van der Waals surface area contributed by atoms with Crippen molar-refractivity contribution < 1.29 is 4.79 Å². The first kappa shape index (κ1) is 15.5. The predicted octanol–water partition coefficient (Wildman–Crippen LogP) is 3.27. The fraction of sp³-hybridized carbons (Fsp3) is 0.0667. The Hall–Kier alpha value is -2.38. The summed E-state index contributed by atoms with van der Waals surface area (Å²) in [6.07, 6.45) is 8.24. The van der Waals surface area contributed by atoms with Crippen molar-refractivity contribution in [2.75, 3.05) is 5.32 Å². The van der Waals surface area contributed by atoms with Crippen molar-refractivity contribution in [1.29, 1.82) is 0 Å². The van der Waals surface area contributed by atoms with Gasteiger partial charge in [-0.25, -0.2) is 9.97 Å². The van der Waals surface area contributed by atoms with Crippen molar-refractivity contribution in [3.8, 4) is 0 Å². The van der Waals surface area contributed by atoms with E-state index in [1.165, 1.54) is 18.0 Å². The van der Waals surface area contributed by atoms with Crippen LogP contribution >= 0.6 is 23.4 Å². The number of aromatic nitrogens is 4. The second-order valence-electron chi connectivity index (χ2n) is 4.62. The van der Waals surface area contributed by atoms with Crippen molar-refractivity contribution >= 4 is 35.0 Å². The summed E-state index contributed by atoms with van der Waals surface area (Å²) in [4.78, 5) is 24.6. The van der Waals surface area contributed by atoms with E-state index in [2.05, 4.69) is 20.3 Å². The summed E-state index contributed by atoms with van der Waals surface area (Å²) in [6, 6.07) is 5.01. The number of hydrogen-bond donors (Lipinski definition) is 1. The second kappa shape index (κ2) is 6.80. The maximum absolute atomic E-state index is 12.2. The molecule has 6 nitrogen and oxygen atoms in total. The Morgan fingerprint density at radius 3 is 2.70 bits per heavy atom. The molecule has 0 fully saturated rings. The number of carbonyl (C=O) groups excluding carboxylic acids is 1. The molecule has 3 aromatic rings. The van der Waals surface area contributed by atoms with Gasteiger partial charge in [0.2, 0.25) is 0 Å². The molecule has 1 N–H and O–H groups in total. The molecule has 3 heterocycles. The number of anilines is 1. The van der Waals surface area contributed by atoms with E-state index in [0.717, 1.165) is 5.16 Å². The van der Waals surface area contributed by atoms with E-state index in [1.807, 2.05) is 17.8 Å². The van der Waals surface area contributed by atoms with Crippen LogP contribution < -0.4 is 5.32 Å². The van der Waals surface area contributed by atoms with Gasteiger partial charge in [-0.3, -0.25) is 9.78 Å². The van der Waals surface area contributed by atoms with Crippen LogP contribution in [0.4, 0.5) is 5.69 Å². The molecule has 0 bridgehead atoms. The number of pyridine rings is 2. The largest absolute Gasteiger partial charge is 0.329 e. The van der Waals surface area contributed by atoms with Gasteiger partial charge >= 0.3 is 0 Å². The topological polar surface area (TPSA) is 72.7 Å². The van der Waals surface area contributed by atoms with Crippen molar-refractivity contribution in [2.24, 2.45) is 7.05 Å². The van der Waals surface area contributed by atoms with Gasteiger partial charge in [-0.05, 0) is 30.0 Å². The Morgan fingerprint density at radius 2 is 2.04 bits per heavy atom. The molecular weight excluding hydrogens is 334 g/mol. The smallest absolute Gasteiger partial charge is 0.257 e. The second-order valence-corrected chi connectivity index (χ2v) is 5.99. The van der Waals surface area contributed by atoms with E-state index in [4.69, 9.17) is 11.6 Å². The summed E-state index contributed by atoms with van der Waals surface area (Å²) in [5.74, 6) is -0.279. The lowest BCUT2D eigenvalue weighted by atomic mass is 10.2. The van der Waals surface area contributed by atoms with Crippen LogP contribution in [0.1, 0.15) is 10.4 Å². The number of hydrogen-bond acceptors (Lipinski definition) is 5. The van der Waals surface area contributed by atoms with Crippen LogP contribution in [-0.4, -0.2) is 25.4 Å². The van der Waals surface area contributed by atoms with E-state index in [9.17, 15) is 4.79 Å². The molecule has 3 rings (SSSR count). The number of carbonyl (C=O) groups is 1. The molecule has 0 aliphatic heterocycles. The summed E-state index contributed by atoms with van der Waals surface area (Å²) in [7, 11) is 1.89. The lowest BCUT2D eigenvalue weighted by Gasteiger charge is -2.07. The molecule has 0 spiro atoms. The summed E-state index contributed by atoms with van der Waals surface area (Å²) >= 11 is 7.58. The summed E-state index contributed by atoms with van der Waals surface area (Å²) in [6.45, 7) is 0. The Labute approximate surface area is 141 Å². The Balaban J connectivity index is 1.76. The standard InChI is InChI=1S/C15H12ClN5OS/c1-21-7-6-18-15(21)23-14-12(16)8-10(9-19-14)13(22)20-11-2-4-17-5-3-11/h2-9H,1H3,(H,17,20,22). The third kappa shape index (κ3) is 3.69. The number of imidazole rings is 1. The van der Waals surface area contributed by atoms with Crippen LogP contribution in [0.25, 0.3) is 0 Å². The first-order valence-electron chi connectivity index (χ1n) is 6.65. The summed E-state index contributed by atoms with van der Waals surface area (Å²) in [5, 5.41) is 4.53. The third-order valence-electron chi connectivity index (χ3n) is 2.97. The summed E-state index contributed by atoms with van der Waals surface area (Å²) < 4.78 is 1.87. The van der Waals surface area contributed by atoms with Gasteiger partial charge in [0.25, 0.3) is 5.91 Å². The van der Waals surface area contributed by atoms with Gasteiger partial charge in [-0.1, -0.05) is 11.6 Å². The molecule has 0 aromatic carbocycles. The normalized spacial score (nSPS) is 10.5. The number of aryl methyl sites for hydroxylation is 1. The number of rotatable bonds is 4. The van der Waals surface area contributed by atoms with Crippen LogP contribution in [0.3, 0.4) is 0 Å². The lowest BCUT2D eigenvalue weighted by Crippen LogP contribution is -2.12. The van der Waals surface area contributed by atoms with Gasteiger partial charge in [0.1, 0.15) is 5.03 Å². The highest BCUT2D eigenvalue weighted by molar-refractivity contribution is 7.99. The number of halogens is 1. The van der Waals surface area contributed by atoms with E-state index < -0.39 is 0 Å². The number of nitrogens with one attached hydrogen (secondary N) is 1. The molecule has 0 aliphatic rings. The molecule has 116 valence electrons. The van der Waals surface area contributed by atoms with E-state index in [0.29, 0.717) is 21.3 Å². The Bertz CT molecular complexity index is 837. The monoisotopic (exact) mass is 345 g/mol. The van der Waals surface area contributed by atoms with Crippen LogP contribution in [0.2, 0.25) is 5.02 Å². The minimum Gasteiger partial charge on any atom is -0.329 e. The molecule has 0 aliphatic carbocycles. The maximum atomic E-state index is 12.2. The lowest BCUT2D eigenvalue weighted by molar-refractivity contribution is 0.102. The van der Waals surface area contributed by atoms with E-state index in [1.54, 1.807) is 36.8 Å². The quantitative estimate of drug-likeness (QED) is 0.785. The Morgan fingerprint density at radius 1 is 1.26 bits per heavy atom. The van der Waals surface area contributed by atoms with Crippen LogP contribution in [0.5, 0.6) is 0 Å². The average Bonchev–Trinajstić information content (AvgIpc) is 2.95. The molecule has 0 saturated heterocycles. The predicted molar refractivity (Wildman–Crippen MR) is 88.8 cm³/mol. The van der Waals surface area contributed by atoms with E-state index >= 15 is 0 Å². The van der Waals surface area contributed by atoms with Crippen molar-refractivity contribution in [3.63, 3.8) is 0 Å². The van der Waals surface area contributed by atoms with Crippen molar-refractivity contribution in [3.05, 3.63) is 59.8 Å². The minimum absolute atomic E-state index is 0.279. The van der Waals surface area contributed by atoms with Gasteiger partial charge < -0.3 is 9.88 Å². The van der Waals surface area contributed by atoms with Gasteiger partial charge in [-0.15, -0.1) is 0 Å². The molecule has 3 aromatic heterocycles. The Kier molecular flexibility index (Phi) is 4.59. The molecule has 0 saturated carbocycles. The number of amides is 1. The molecule has 0 unspecified atom stereocenters. The third-order valence-corrected chi connectivity index (χ3v) is 4.47. The van der Waals surface area contributed by atoms with E-state index in [-0.39, 0.29) is 5.91 Å². The van der Waals surface area contributed by atoms with Crippen LogP contribution in [0, 0.1) is 0 Å². The molecule has 23 heavy (non-hydrogen) atoms. The summed E-state index contributed by atoms with van der Waals surface area (Å²) in [5.41, 5.74) is 1.04. The minimum atomic E-state index is -0.279. The highest BCUT2D eigenvalue weighted by atomic mass is 35.5. The van der Waals surface area contributed by atoms with Crippen LogP contribution in [0.15, 0.2) is 59.4 Å². The molecule has 0 atom stereocenters. The number of nitrogens with zero attached hydrogens (tertiary/aromatic N) is 4. The van der Waals surface area contributed by atoms with Gasteiger partial charge in [0.15, 0.2) is 5.16 Å². The molecular formula is C15H12ClN5OS. The zero-order valence-electron chi connectivity index (χ0n) is 12.1. The maximum Gasteiger partial charge on any atom is 0.257 e. The fourth-order valence-electron chi connectivity index (χ4n) is 1.80. The zero-order valence-corrected chi connectivity index (χ0v) is 13.7. The first-order valence-corrected chi connectivity index (χ1v) is 7.85. The molecule has 8 heteroatoms. The van der Waals surface area contributed by atoms with Crippen molar-refractivity contribution in [1.82, 2.24) is 19.5 Å².